The summed E-state index contributed by atoms with van der Waals surface area (Å²) < 4.78 is 1.98. The van der Waals surface area contributed by atoms with Gasteiger partial charge in [0, 0.05) is 18.1 Å². The summed E-state index contributed by atoms with van der Waals surface area (Å²) in [6.07, 6.45) is 5.45. The Morgan fingerprint density at radius 2 is 1.65 bits per heavy atom. The third-order valence-electron chi connectivity index (χ3n) is 4.90. The first-order chi connectivity index (χ1) is 15.2. The molecule has 0 fully saturated rings. The van der Waals surface area contributed by atoms with Crippen LogP contribution in [0, 0.1) is 6.92 Å². The van der Waals surface area contributed by atoms with E-state index in [2.05, 4.69) is 57.2 Å². The first kappa shape index (κ1) is 20.5. The van der Waals surface area contributed by atoms with Gasteiger partial charge in [0.15, 0.2) is 5.11 Å². The van der Waals surface area contributed by atoms with Crippen LogP contribution in [0.5, 0.6) is 0 Å². The summed E-state index contributed by atoms with van der Waals surface area (Å²) >= 11 is 5.45. The lowest BCUT2D eigenvalue weighted by Crippen LogP contribution is -2.26. The summed E-state index contributed by atoms with van der Waals surface area (Å²) in [5.41, 5.74) is 9.28. The molecule has 1 aromatic heterocycles. The smallest absolute Gasteiger partial charge is 0.191 e. The highest BCUT2D eigenvalue weighted by atomic mass is 32.1. The lowest BCUT2D eigenvalue weighted by molar-refractivity contribution is 0.839. The largest absolute Gasteiger partial charge is 0.331 e. The molecule has 0 aliphatic heterocycles. The van der Waals surface area contributed by atoms with Crippen molar-refractivity contribution in [2.45, 2.75) is 13.5 Å². The normalized spacial score (nSPS) is 11.2. The molecule has 0 aliphatic carbocycles. The van der Waals surface area contributed by atoms with Crippen LogP contribution in [-0.2, 0) is 6.54 Å². The second-order valence-electron chi connectivity index (χ2n) is 7.12. The molecule has 0 unspecified atom stereocenters. The van der Waals surface area contributed by atoms with Crippen LogP contribution in [0.2, 0.25) is 0 Å². The Hall–Kier alpha value is -3.77. The summed E-state index contributed by atoms with van der Waals surface area (Å²) in [4.78, 5) is 4.13. The number of rotatable bonds is 6. The Kier molecular flexibility index (Phi) is 6.50. The number of aromatic nitrogens is 2. The Morgan fingerprint density at radius 1 is 0.935 bits per heavy atom. The van der Waals surface area contributed by atoms with E-state index < -0.39 is 0 Å². The van der Waals surface area contributed by atoms with Crippen LogP contribution in [0.1, 0.15) is 11.1 Å². The number of aryl methyl sites for hydroxylation is 1. The van der Waals surface area contributed by atoms with Gasteiger partial charge >= 0.3 is 0 Å². The average molecular weight is 426 g/mol. The molecule has 5 nitrogen and oxygen atoms in total. The number of hydrogen-bond donors (Lipinski definition) is 2. The monoisotopic (exact) mass is 425 g/mol. The zero-order valence-electron chi connectivity index (χ0n) is 17.2. The van der Waals surface area contributed by atoms with Gasteiger partial charge in [0.05, 0.1) is 18.6 Å². The fraction of sp³-hybridized carbons (Fsp3) is 0.0800. The minimum Gasteiger partial charge on any atom is -0.331 e. The van der Waals surface area contributed by atoms with Crippen molar-refractivity contribution in [3.8, 4) is 11.1 Å². The van der Waals surface area contributed by atoms with E-state index >= 15 is 0 Å². The van der Waals surface area contributed by atoms with E-state index in [1.807, 2.05) is 60.2 Å². The molecule has 4 rings (SSSR count). The molecule has 2 N–H and O–H groups in total. The Balaban J connectivity index is 1.54. The molecule has 6 heteroatoms. The third-order valence-corrected chi connectivity index (χ3v) is 5.10. The first-order valence-corrected chi connectivity index (χ1v) is 10.4. The maximum absolute atomic E-state index is 5.45. The predicted octanol–water partition coefficient (Wildman–Crippen LogP) is 5.25. The van der Waals surface area contributed by atoms with Gasteiger partial charge in [0.2, 0.25) is 0 Å². The van der Waals surface area contributed by atoms with Crippen LogP contribution in [0.15, 0.2) is 103 Å². The highest BCUT2D eigenvalue weighted by Gasteiger charge is 2.07. The summed E-state index contributed by atoms with van der Waals surface area (Å²) in [5.74, 6) is 0. The second-order valence-corrected chi connectivity index (χ2v) is 7.53. The highest BCUT2D eigenvalue weighted by molar-refractivity contribution is 7.80. The van der Waals surface area contributed by atoms with E-state index in [4.69, 9.17) is 12.2 Å². The number of hydrazone groups is 1. The van der Waals surface area contributed by atoms with Crippen molar-refractivity contribution >= 4 is 28.7 Å². The number of thiocarbonyl (C=S) groups is 1. The molecular formula is C25H23N5S. The van der Waals surface area contributed by atoms with Crippen molar-refractivity contribution in [2.75, 3.05) is 5.32 Å². The van der Waals surface area contributed by atoms with E-state index in [9.17, 15) is 0 Å². The standard InChI is InChI=1S/C25H23N5S/c1-19-7-5-6-10-23(19)27-25(31)29-28-24(17-30-16-15-26-18-30)22-13-11-21(12-14-22)20-8-3-2-4-9-20/h2-16,18H,17H2,1H3,(H2,27,29,31)/b28-24-. The van der Waals surface area contributed by atoms with Gasteiger partial charge in [-0.25, -0.2) is 4.98 Å². The van der Waals surface area contributed by atoms with Gasteiger partial charge < -0.3 is 9.88 Å². The number of para-hydroxylation sites is 1. The van der Waals surface area contributed by atoms with Crippen LogP contribution in [0.25, 0.3) is 11.1 Å². The first-order valence-electron chi connectivity index (χ1n) is 10.00. The maximum Gasteiger partial charge on any atom is 0.191 e. The van der Waals surface area contributed by atoms with Gasteiger partial charge in [-0.3, -0.25) is 5.43 Å². The van der Waals surface area contributed by atoms with Crippen LogP contribution >= 0.6 is 12.2 Å². The van der Waals surface area contributed by atoms with Crippen molar-refractivity contribution < 1.29 is 0 Å². The van der Waals surface area contributed by atoms with E-state index in [-0.39, 0.29) is 0 Å². The minimum atomic E-state index is 0.443. The number of nitrogens with zero attached hydrogens (tertiary/aromatic N) is 3. The summed E-state index contributed by atoms with van der Waals surface area (Å²) in [6, 6.07) is 26.7. The molecule has 0 aliphatic rings. The molecule has 0 amide bonds. The van der Waals surface area contributed by atoms with Crippen molar-refractivity contribution in [3.05, 3.63) is 109 Å². The quantitative estimate of drug-likeness (QED) is 0.252. The summed E-state index contributed by atoms with van der Waals surface area (Å²) in [6.45, 7) is 2.61. The number of anilines is 1. The predicted molar refractivity (Wildman–Crippen MR) is 131 cm³/mol. The molecule has 0 radical (unpaired) electrons. The Labute approximate surface area is 187 Å². The summed E-state index contributed by atoms with van der Waals surface area (Å²) in [5, 5.41) is 8.25. The maximum atomic E-state index is 5.45. The van der Waals surface area contributed by atoms with Crippen LogP contribution in [0.4, 0.5) is 5.69 Å². The molecule has 0 atom stereocenters. The topological polar surface area (TPSA) is 54.2 Å². The number of hydrogen-bond acceptors (Lipinski definition) is 3. The molecule has 1 heterocycles. The van der Waals surface area contributed by atoms with Gasteiger partial charge in [-0.1, -0.05) is 72.8 Å². The number of nitrogens with one attached hydrogen (secondary N) is 2. The van der Waals surface area contributed by atoms with Gasteiger partial charge in [0.25, 0.3) is 0 Å². The molecule has 0 bridgehead atoms. The van der Waals surface area contributed by atoms with Gasteiger partial charge in [-0.2, -0.15) is 5.10 Å². The SMILES string of the molecule is Cc1ccccc1NC(=S)N/N=C(/Cn1ccnc1)c1ccc(-c2ccccc2)cc1. The minimum absolute atomic E-state index is 0.443. The Bertz CT molecular complexity index is 1170. The van der Waals surface area contributed by atoms with Crippen molar-refractivity contribution in [2.24, 2.45) is 5.10 Å². The Morgan fingerprint density at radius 3 is 2.35 bits per heavy atom. The third kappa shape index (κ3) is 5.43. The van der Waals surface area contributed by atoms with Gasteiger partial charge in [-0.15, -0.1) is 0 Å². The van der Waals surface area contributed by atoms with Gasteiger partial charge in [-0.05, 0) is 47.5 Å². The summed E-state index contributed by atoms with van der Waals surface area (Å²) in [7, 11) is 0. The van der Waals surface area contributed by atoms with Crippen LogP contribution in [0.3, 0.4) is 0 Å². The molecule has 0 spiro atoms. The molecule has 0 saturated heterocycles. The lowest BCUT2D eigenvalue weighted by atomic mass is 10.0. The van der Waals surface area contributed by atoms with Crippen molar-refractivity contribution in [3.63, 3.8) is 0 Å². The molecule has 4 aromatic rings. The number of imidazole rings is 1. The molecular weight excluding hydrogens is 402 g/mol. The van der Waals surface area contributed by atoms with E-state index in [0.29, 0.717) is 11.7 Å². The fourth-order valence-electron chi connectivity index (χ4n) is 3.21. The van der Waals surface area contributed by atoms with E-state index in [1.54, 1.807) is 12.5 Å². The van der Waals surface area contributed by atoms with Crippen LogP contribution < -0.4 is 10.7 Å². The molecule has 3 aromatic carbocycles. The zero-order valence-corrected chi connectivity index (χ0v) is 18.0. The zero-order chi connectivity index (χ0) is 21.5. The molecule has 154 valence electrons. The average Bonchev–Trinajstić information content (AvgIpc) is 3.32. The second kappa shape index (κ2) is 9.82. The van der Waals surface area contributed by atoms with Crippen molar-refractivity contribution in [1.82, 2.24) is 15.0 Å². The molecule has 0 saturated carbocycles. The van der Waals surface area contributed by atoms with Crippen LogP contribution in [-0.4, -0.2) is 20.4 Å². The fourth-order valence-corrected chi connectivity index (χ4v) is 3.37. The molecule has 31 heavy (non-hydrogen) atoms. The highest BCUT2D eigenvalue weighted by Crippen LogP contribution is 2.20. The van der Waals surface area contributed by atoms with E-state index in [0.717, 1.165) is 28.1 Å². The van der Waals surface area contributed by atoms with E-state index in [1.165, 1.54) is 5.56 Å². The van der Waals surface area contributed by atoms with Crippen molar-refractivity contribution in [1.29, 1.82) is 0 Å². The van der Waals surface area contributed by atoms with Gasteiger partial charge in [0.1, 0.15) is 0 Å². The number of benzene rings is 3. The lowest BCUT2D eigenvalue weighted by Gasteiger charge is -2.12.